The van der Waals surface area contributed by atoms with Crippen molar-refractivity contribution in [2.24, 2.45) is 7.05 Å². The molecule has 1 aliphatic heterocycles. The summed E-state index contributed by atoms with van der Waals surface area (Å²) in [5.41, 5.74) is 3.82. The minimum atomic E-state index is -3.66. The Morgan fingerprint density at radius 2 is 2.00 bits per heavy atom. The van der Waals surface area contributed by atoms with E-state index in [-0.39, 0.29) is 5.03 Å². The molecule has 0 amide bonds. The summed E-state index contributed by atoms with van der Waals surface area (Å²) in [6.45, 7) is 5.94. The Labute approximate surface area is 148 Å². The van der Waals surface area contributed by atoms with Crippen molar-refractivity contribution in [3.05, 3.63) is 41.1 Å². The van der Waals surface area contributed by atoms with Crippen LogP contribution in [-0.4, -0.2) is 29.1 Å². The fourth-order valence-electron chi connectivity index (χ4n) is 3.41. The van der Waals surface area contributed by atoms with E-state index in [9.17, 15) is 8.42 Å². The summed E-state index contributed by atoms with van der Waals surface area (Å²) in [4.78, 5) is 2.33. The Kier molecular flexibility index (Phi) is 3.88. The second kappa shape index (κ2) is 5.85. The summed E-state index contributed by atoms with van der Waals surface area (Å²) in [6, 6.07) is 7.97. The van der Waals surface area contributed by atoms with E-state index in [2.05, 4.69) is 34.6 Å². The Morgan fingerprint density at radius 1 is 1.24 bits per heavy atom. The minimum absolute atomic E-state index is 0.228. The maximum absolute atomic E-state index is 12.9. The van der Waals surface area contributed by atoms with Gasteiger partial charge in [0.05, 0.1) is 11.4 Å². The van der Waals surface area contributed by atoms with Gasteiger partial charge in [-0.25, -0.2) is 0 Å². The molecule has 2 aliphatic rings. The molecule has 1 aromatic carbocycles. The highest BCUT2D eigenvalue weighted by molar-refractivity contribution is 7.92. The molecule has 1 N–H and O–H groups in total. The van der Waals surface area contributed by atoms with Gasteiger partial charge in [0.2, 0.25) is 0 Å². The summed E-state index contributed by atoms with van der Waals surface area (Å²) in [7, 11) is -1.97. The molecule has 7 heteroatoms. The molecule has 6 nitrogen and oxygen atoms in total. The fraction of sp³-hybridized carbons (Fsp3) is 0.500. The Hall–Kier alpha value is -1.86. The molecule has 1 aliphatic carbocycles. The average molecular weight is 360 g/mol. The van der Waals surface area contributed by atoms with Crippen LogP contribution in [0.1, 0.15) is 49.4 Å². The third-order valence-electron chi connectivity index (χ3n) is 5.11. The van der Waals surface area contributed by atoms with Crippen LogP contribution < -0.4 is 4.72 Å². The molecule has 1 fully saturated rings. The Morgan fingerprint density at radius 3 is 2.68 bits per heavy atom. The lowest BCUT2D eigenvalue weighted by Crippen LogP contribution is -2.24. The third-order valence-corrected chi connectivity index (χ3v) is 6.53. The third kappa shape index (κ3) is 3.06. The first-order valence-corrected chi connectivity index (χ1v) is 10.2. The number of aromatic nitrogens is 2. The van der Waals surface area contributed by atoms with Crippen molar-refractivity contribution in [2.45, 2.75) is 56.8 Å². The molecule has 134 valence electrons. The topological polar surface area (TPSA) is 67.2 Å². The van der Waals surface area contributed by atoms with E-state index in [4.69, 9.17) is 0 Å². The second-order valence-corrected chi connectivity index (χ2v) is 8.98. The average Bonchev–Trinajstić information content (AvgIpc) is 3.15. The molecular formula is C18H24N4O2S. The molecule has 2 heterocycles. The van der Waals surface area contributed by atoms with E-state index in [1.165, 1.54) is 10.2 Å². The van der Waals surface area contributed by atoms with Crippen LogP contribution in [0.5, 0.6) is 0 Å². The number of fused-ring (bicyclic) bond motifs is 1. The van der Waals surface area contributed by atoms with Gasteiger partial charge in [-0.3, -0.25) is 14.3 Å². The highest BCUT2D eigenvalue weighted by Crippen LogP contribution is 2.40. The SMILES string of the molecule is CC(C)N1Cc2cccc(NS(=O)(=O)c3cc(C4CC4)nn3C)c2C1. The van der Waals surface area contributed by atoms with Crippen LogP contribution in [-0.2, 0) is 30.2 Å². The van der Waals surface area contributed by atoms with Gasteiger partial charge in [-0.2, -0.15) is 13.5 Å². The van der Waals surface area contributed by atoms with Crippen molar-refractivity contribution in [1.82, 2.24) is 14.7 Å². The first kappa shape index (κ1) is 16.6. The van der Waals surface area contributed by atoms with Crippen LogP contribution in [0.15, 0.2) is 29.3 Å². The van der Waals surface area contributed by atoms with E-state index >= 15 is 0 Å². The first-order valence-electron chi connectivity index (χ1n) is 8.77. The van der Waals surface area contributed by atoms with Crippen LogP contribution in [0.3, 0.4) is 0 Å². The molecule has 0 spiro atoms. The quantitative estimate of drug-likeness (QED) is 0.890. The van der Waals surface area contributed by atoms with Crippen molar-refractivity contribution < 1.29 is 8.42 Å². The second-order valence-electron chi connectivity index (χ2n) is 7.35. The maximum atomic E-state index is 12.9. The molecule has 0 saturated heterocycles. The Balaban J connectivity index is 1.64. The zero-order chi connectivity index (χ0) is 17.8. The lowest BCUT2D eigenvalue weighted by molar-refractivity contribution is 0.227. The smallest absolute Gasteiger partial charge is 0.279 e. The summed E-state index contributed by atoms with van der Waals surface area (Å²) in [5.74, 6) is 0.427. The number of nitrogens with zero attached hydrogens (tertiary/aromatic N) is 3. The largest absolute Gasteiger partial charge is 0.292 e. The van der Waals surface area contributed by atoms with Crippen LogP contribution in [0.4, 0.5) is 5.69 Å². The van der Waals surface area contributed by atoms with Gasteiger partial charge in [0.25, 0.3) is 10.0 Å². The van der Waals surface area contributed by atoms with Gasteiger partial charge in [0.15, 0.2) is 5.03 Å². The van der Waals surface area contributed by atoms with E-state index in [0.29, 0.717) is 17.6 Å². The van der Waals surface area contributed by atoms with Gasteiger partial charge in [0.1, 0.15) is 0 Å². The maximum Gasteiger partial charge on any atom is 0.279 e. The van der Waals surface area contributed by atoms with E-state index in [1.807, 2.05) is 12.1 Å². The molecular weight excluding hydrogens is 336 g/mol. The van der Waals surface area contributed by atoms with E-state index in [0.717, 1.165) is 37.2 Å². The van der Waals surface area contributed by atoms with Crippen LogP contribution in [0.2, 0.25) is 0 Å². The van der Waals surface area contributed by atoms with Crippen molar-refractivity contribution in [3.8, 4) is 0 Å². The van der Waals surface area contributed by atoms with E-state index < -0.39 is 10.0 Å². The van der Waals surface area contributed by atoms with Crippen molar-refractivity contribution in [1.29, 1.82) is 0 Å². The highest BCUT2D eigenvalue weighted by atomic mass is 32.2. The standard InChI is InChI=1S/C18H24N4O2S/c1-12(2)22-10-14-5-4-6-16(15(14)11-22)20-25(23,24)18-9-17(13-7-8-13)19-21(18)3/h4-6,9,12-13,20H,7-8,10-11H2,1-3H3. The molecule has 4 rings (SSSR count). The van der Waals surface area contributed by atoms with Gasteiger partial charge >= 0.3 is 0 Å². The van der Waals surface area contributed by atoms with Crippen LogP contribution in [0.25, 0.3) is 0 Å². The highest BCUT2D eigenvalue weighted by Gasteiger charge is 2.31. The molecule has 0 unspecified atom stereocenters. The fourth-order valence-corrected chi connectivity index (χ4v) is 4.66. The van der Waals surface area contributed by atoms with Crippen molar-refractivity contribution >= 4 is 15.7 Å². The molecule has 1 aromatic heterocycles. The summed E-state index contributed by atoms with van der Waals surface area (Å²) in [6.07, 6.45) is 2.20. The molecule has 1 saturated carbocycles. The summed E-state index contributed by atoms with van der Waals surface area (Å²) < 4.78 is 30.1. The lowest BCUT2D eigenvalue weighted by Gasteiger charge is -2.19. The van der Waals surface area contributed by atoms with Crippen molar-refractivity contribution in [2.75, 3.05) is 4.72 Å². The first-order chi connectivity index (χ1) is 11.8. The number of rotatable bonds is 5. The normalized spacial score (nSPS) is 17.9. The number of hydrogen-bond acceptors (Lipinski definition) is 4. The summed E-state index contributed by atoms with van der Waals surface area (Å²) in [5, 5.41) is 4.61. The van der Waals surface area contributed by atoms with Crippen LogP contribution in [0, 0.1) is 0 Å². The minimum Gasteiger partial charge on any atom is -0.292 e. The van der Waals surface area contributed by atoms with Gasteiger partial charge in [-0.05, 0) is 43.9 Å². The Bertz CT molecular complexity index is 913. The number of nitrogens with one attached hydrogen (secondary N) is 1. The predicted molar refractivity (Wildman–Crippen MR) is 96.8 cm³/mol. The van der Waals surface area contributed by atoms with Crippen LogP contribution >= 0.6 is 0 Å². The number of aryl methyl sites for hydroxylation is 1. The van der Waals surface area contributed by atoms with Gasteiger partial charge in [-0.1, -0.05) is 12.1 Å². The van der Waals surface area contributed by atoms with Crippen molar-refractivity contribution in [3.63, 3.8) is 0 Å². The molecule has 25 heavy (non-hydrogen) atoms. The van der Waals surface area contributed by atoms with Gasteiger partial charge in [-0.15, -0.1) is 0 Å². The zero-order valence-corrected chi connectivity index (χ0v) is 15.7. The number of anilines is 1. The predicted octanol–water partition coefficient (Wildman–Crippen LogP) is 2.82. The molecule has 0 atom stereocenters. The van der Waals surface area contributed by atoms with Gasteiger partial charge < -0.3 is 0 Å². The molecule has 2 aromatic rings. The zero-order valence-electron chi connectivity index (χ0n) is 14.9. The van der Waals surface area contributed by atoms with Gasteiger partial charge in [0, 0.05) is 38.2 Å². The summed E-state index contributed by atoms with van der Waals surface area (Å²) >= 11 is 0. The number of benzene rings is 1. The monoisotopic (exact) mass is 360 g/mol. The molecule has 0 radical (unpaired) electrons. The number of sulfonamides is 1. The number of hydrogen-bond donors (Lipinski definition) is 1. The van der Waals surface area contributed by atoms with E-state index in [1.54, 1.807) is 13.1 Å². The molecule has 0 bridgehead atoms. The lowest BCUT2D eigenvalue weighted by atomic mass is 10.1.